The van der Waals surface area contributed by atoms with E-state index < -0.39 is 11.0 Å². The van der Waals surface area contributed by atoms with E-state index in [1.807, 2.05) is 17.4 Å². The van der Waals surface area contributed by atoms with Crippen LogP contribution in [0, 0.1) is 0 Å². The van der Waals surface area contributed by atoms with Gasteiger partial charge in [0.1, 0.15) is 16.0 Å². The van der Waals surface area contributed by atoms with Crippen LogP contribution in [0.5, 0.6) is 0 Å². The van der Waals surface area contributed by atoms with Gasteiger partial charge in [-0.15, -0.1) is 0 Å². The van der Waals surface area contributed by atoms with Crippen LogP contribution in [0.1, 0.15) is 18.4 Å². The molecule has 1 atom stereocenters. The molecule has 1 aromatic heterocycles. The molecule has 0 aromatic carbocycles. The number of pyridine rings is 1. The summed E-state index contributed by atoms with van der Waals surface area (Å²) in [6.45, 7) is 2.10. The average Bonchev–Trinajstić information content (AvgIpc) is 2.57. The molecule has 1 fully saturated rings. The van der Waals surface area contributed by atoms with Gasteiger partial charge >= 0.3 is 0 Å². The highest BCUT2D eigenvalue weighted by atomic mass is 32.2. The Hall–Kier alpha value is -0.780. The molecular formula is C12H17N3OS. The van der Waals surface area contributed by atoms with E-state index in [2.05, 4.69) is 23.0 Å². The predicted molar refractivity (Wildman–Crippen MR) is 66.8 cm³/mol. The zero-order valence-electron chi connectivity index (χ0n) is 10.2. The molecule has 1 spiro atoms. The van der Waals surface area contributed by atoms with Crippen LogP contribution in [0.2, 0.25) is 0 Å². The maximum atomic E-state index is 12.3. The van der Waals surface area contributed by atoms with E-state index in [4.69, 9.17) is 0 Å². The predicted octanol–water partition coefficient (Wildman–Crippen LogP) is 0.970. The number of hydrogen-bond donors (Lipinski definition) is 0. The molecule has 0 aliphatic carbocycles. The van der Waals surface area contributed by atoms with E-state index in [0.717, 1.165) is 31.0 Å². The van der Waals surface area contributed by atoms with Crippen LogP contribution in [0.25, 0.3) is 0 Å². The summed E-state index contributed by atoms with van der Waals surface area (Å²) in [5.41, 5.74) is 1.12. The summed E-state index contributed by atoms with van der Waals surface area (Å²) in [6.07, 6.45) is 3.80. The topological polar surface area (TPSA) is 36.4 Å². The Balaban J connectivity index is 2.09. The van der Waals surface area contributed by atoms with Gasteiger partial charge in [0, 0.05) is 18.8 Å². The van der Waals surface area contributed by atoms with Gasteiger partial charge in [-0.3, -0.25) is 0 Å². The molecule has 0 saturated carbocycles. The highest BCUT2D eigenvalue weighted by molar-refractivity contribution is 7.83. The lowest BCUT2D eigenvalue weighted by Crippen LogP contribution is -2.48. The SMILES string of the molecule is CN1CCC2(CC1)c1cccnc1S(=O)N2C. The van der Waals surface area contributed by atoms with E-state index in [1.165, 1.54) is 5.56 Å². The lowest BCUT2D eigenvalue weighted by Gasteiger charge is -2.41. The van der Waals surface area contributed by atoms with Crippen molar-refractivity contribution >= 4 is 11.0 Å². The summed E-state index contributed by atoms with van der Waals surface area (Å²) in [7, 11) is 3.02. The normalized spacial score (nSPS) is 28.5. The van der Waals surface area contributed by atoms with Gasteiger partial charge in [-0.05, 0) is 39.0 Å². The molecule has 4 nitrogen and oxygen atoms in total. The molecule has 1 saturated heterocycles. The number of piperidine rings is 1. The molecule has 1 unspecified atom stereocenters. The van der Waals surface area contributed by atoms with Crippen molar-refractivity contribution in [2.24, 2.45) is 0 Å². The van der Waals surface area contributed by atoms with Crippen molar-refractivity contribution in [1.29, 1.82) is 0 Å². The third kappa shape index (κ3) is 1.49. The third-order valence-corrected chi connectivity index (χ3v) is 5.61. The van der Waals surface area contributed by atoms with E-state index in [-0.39, 0.29) is 5.54 Å². The number of hydrogen-bond acceptors (Lipinski definition) is 3. The summed E-state index contributed by atoms with van der Waals surface area (Å²) in [6, 6.07) is 4.05. The van der Waals surface area contributed by atoms with Crippen molar-refractivity contribution in [3.05, 3.63) is 23.9 Å². The van der Waals surface area contributed by atoms with Gasteiger partial charge in [-0.25, -0.2) is 13.5 Å². The number of likely N-dealkylation sites (tertiary alicyclic amines) is 1. The second kappa shape index (κ2) is 3.86. The number of nitrogens with zero attached hydrogens (tertiary/aromatic N) is 3. The Morgan fingerprint density at radius 1 is 1.35 bits per heavy atom. The standard InChI is InChI=1S/C12H17N3OS/c1-14-8-5-12(6-9-14)10-4-3-7-13-11(10)17(16)15(12)2/h3-4,7H,5-6,8-9H2,1-2H3. The molecule has 3 rings (SSSR count). The molecule has 17 heavy (non-hydrogen) atoms. The molecule has 2 aliphatic heterocycles. The van der Waals surface area contributed by atoms with Crippen molar-refractivity contribution in [3.63, 3.8) is 0 Å². The number of rotatable bonds is 0. The molecule has 0 N–H and O–H groups in total. The first kappa shape index (κ1) is 11.3. The molecular weight excluding hydrogens is 234 g/mol. The molecule has 2 aliphatic rings. The van der Waals surface area contributed by atoms with Gasteiger partial charge in [0.15, 0.2) is 0 Å². The Morgan fingerprint density at radius 3 is 2.76 bits per heavy atom. The molecule has 0 bridgehead atoms. The molecule has 92 valence electrons. The first-order valence-electron chi connectivity index (χ1n) is 5.95. The lowest BCUT2D eigenvalue weighted by molar-refractivity contribution is 0.112. The average molecular weight is 251 g/mol. The third-order valence-electron chi connectivity index (χ3n) is 4.10. The first-order valence-corrected chi connectivity index (χ1v) is 7.05. The van der Waals surface area contributed by atoms with E-state index in [0.29, 0.717) is 0 Å². The quantitative estimate of drug-likeness (QED) is 0.689. The fourth-order valence-corrected chi connectivity index (χ4v) is 4.37. The Morgan fingerprint density at radius 2 is 2.06 bits per heavy atom. The smallest absolute Gasteiger partial charge is 0.147 e. The van der Waals surface area contributed by atoms with Crippen LogP contribution in [0.15, 0.2) is 23.4 Å². The maximum absolute atomic E-state index is 12.3. The largest absolute Gasteiger partial charge is 0.306 e. The Labute approximate surface area is 104 Å². The minimum Gasteiger partial charge on any atom is -0.306 e. The monoisotopic (exact) mass is 251 g/mol. The minimum absolute atomic E-state index is 0.0546. The molecule has 5 heteroatoms. The second-order valence-corrected chi connectivity index (χ2v) is 6.37. The highest BCUT2D eigenvalue weighted by Gasteiger charge is 2.49. The second-order valence-electron chi connectivity index (χ2n) is 4.94. The molecule has 1 aromatic rings. The Kier molecular flexibility index (Phi) is 2.57. The molecule has 3 heterocycles. The van der Waals surface area contributed by atoms with Gasteiger partial charge in [-0.2, -0.15) is 0 Å². The van der Waals surface area contributed by atoms with Gasteiger partial charge in [0.2, 0.25) is 0 Å². The van der Waals surface area contributed by atoms with Crippen LogP contribution in [0.4, 0.5) is 0 Å². The van der Waals surface area contributed by atoms with Crippen molar-refractivity contribution in [2.75, 3.05) is 27.2 Å². The van der Waals surface area contributed by atoms with Crippen LogP contribution < -0.4 is 0 Å². The van der Waals surface area contributed by atoms with E-state index in [9.17, 15) is 4.21 Å². The van der Waals surface area contributed by atoms with Gasteiger partial charge in [0.25, 0.3) is 0 Å². The van der Waals surface area contributed by atoms with Gasteiger partial charge in [0.05, 0.1) is 5.54 Å². The highest BCUT2D eigenvalue weighted by Crippen LogP contribution is 2.46. The lowest BCUT2D eigenvalue weighted by atomic mass is 9.82. The molecule has 0 radical (unpaired) electrons. The van der Waals surface area contributed by atoms with Crippen LogP contribution in [-0.4, -0.2) is 45.6 Å². The van der Waals surface area contributed by atoms with E-state index >= 15 is 0 Å². The van der Waals surface area contributed by atoms with Crippen molar-refractivity contribution in [1.82, 2.24) is 14.2 Å². The van der Waals surface area contributed by atoms with Crippen molar-refractivity contribution in [3.8, 4) is 0 Å². The van der Waals surface area contributed by atoms with Crippen LogP contribution in [-0.2, 0) is 16.5 Å². The Bertz CT molecular complexity index is 469. The first-order chi connectivity index (χ1) is 8.15. The molecule has 0 amide bonds. The summed E-state index contributed by atoms with van der Waals surface area (Å²) in [5, 5.41) is 0.763. The summed E-state index contributed by atoms with van der Waals surface area (Å²) in [4.78, 5) is 6.63. The zero-order valence-corrected chi connectivity index (χ0v) is 11.0. The summed E-state index contributed by atoms with van der Waals surface area (Å²) in [5.74, 6) is 0. The summed E-state index contributed by atoms with van der Waals surface area (Å²) >= 11 is 0. The van der Waals surface area contributed by atoms with Gasteiger partial charge < -0.3 is 4.90 Å². The van der Waals surface area contributed by atoms with Crippen LogP contribution >= 0.6 is 0 Å². The van der Waals surface area contributed by atoms with E-state index in [1.54, 1.807) is 6.20 Å². The number of fused-ring (bicyclic) bond motifs is 2. The number of aromatic nitrogens is 1. The van der Waals surface area contributed by atoms with Gasteiger partial charge in [-0.1, -0.05) is 6.07 Å². The van der Waals surface area contributed by atoms with Crippen LogP contribution in [0.3, 0.4) is 0 Å². The summed E-state index contributed by atoms with van der Waals surface area (Å²) < 4.78 is 14.3. The fourth-order valence-electron chi connectivity index (χ4n) is 2.91. The zero-order chi connectivity index (χ0) is 12.0. The van der Waals surface area contributed by atoms with Crippen molar-refractivity contribution in [2.45, 2.75) is 23.4 Å². The minimum atomic E-state index is -1.09. The fraction of sp³-hybridized carbons (Fsp3) is 0.583. The maximum Gasteiger partial charge on any atom is 0.147 e. The van der Waals surface area contributed by atoms with Crippen molar-refractivity contribution < 1.29 is 4.21 Å².